The van der Waals surface area contributed by atoms with E-state index in [1.165, 1.54) is 12.1 Å². The van der Waals surface area contributed by atoms with E-state index in [9.17, 15) is 14.7 Å². The third kappa shape index (κ3) is 1.67. The van der Waals surface area contributed by atoms with Crippen molar-refractivity contribution in [3.63, 3.8) is 0 Å². The zero-order valence-electron chi connectivity index (χ0n) is 8.54. The molecule has 2 aromatic carbocycles. The Morgan fingerprint density at radius 1 is 0.941 bits per heavy atom. The van der Waals surface area contributed by atoms with Gasteiger partial charge in [0.15, 0.2) is 0 Å². The van der Waals surface area contributed by atoms with Crippen LogP contribution in [0.4, 0.5) is 0 Å². The number of rotatable bonds is 2. The summed E-state index contributed by atoms with van der Waals surface area (Å²) in [5.41, 5.74) is -0.982. The first-order chi connectivity index (χ1) is 8.02. The zero-order valence-corrected chi connectivity index (χ0v) is 8.54. The molecule has 0 bridgehead atoms. The summed E-state index contributed by atoms with van der Waals surface area (Å²) < 4.78 is 0. The molecule has 5 heteroatoms. The second-order valence-corrected chi connectivity index (χ2v) is 3.48. The van der Waals surface area contributed by atoms with Gasteiger partial charge in [-0.1, -0.05) is 24.3 Å². The van der Waals surface area contributed by atoms with E-state index in [0.717, 1.165) is 0 Å². The molecule has 0 aliphatic rings. The van der Waals surface area contributed by atoms with Gasteiger partial charge in [0.2, 0.25) is 0 Å². The molecule has 0 fully saturated rings. The fourth-order valence-electron chi connectivity index (χ4n) is 1.77. The predicted molar refractivity (Wildman–Crippen MR) is 59.5 cm³/mol. The first-order valence-corrected chi connectivity index (χ1v) is 4.73. The van der Waals surface area contributed by atoms with Gasteiger partial charge in [0.05, 0.1) is 5.56 Å². The number of carboxylic acid groups (broad SMARTS) is 2. The molecule has 17 heavy (non-hydrogen) atoms. The standard InChI is InChI=1S/C12H8O5/c13-8-5-6-3-1-2-4-7(6)9(11(14)15)10(8)12(16)17/h1-5,13H,(H,14,15)(H,16,17). The van der Waals surface area contributed by atoms with E-state index in [-0.39, 0.29) is 5.39 Å². The second kappa shape index (κ2) is 3.79. The Labute approximate surface area is 95.5 Å². The highest BCUT2D eigenvalue weighted by Gasteiger charge is 2.23. The van der Waals surface area contributed by atoms with Gasteiger partial charge < -0.3 is 15.3 Å². The quantitative estimate of drug-likeness (QED) is 0.735. The van der Waals surface area contributed by atoms with Gasteiger partial charge >= 0.3 is 11.9 Å². The highest BCUT2D eigenvalue weighted by molar-refractivity contribution is 6.13. The van der Waals surface area contributed by atoms with Crippen molar-refractivity contribution in [1.29, 1.82) is 0 Å². The van der Waals surface area contributed by atoms with Gasteiger partial charge in [0, 0.05) is 0 Å². The van der Waals surface area contributed by atoms with Crippen LogP contribution in [0.3, 0.4) is 0 Å². The Morgan fingerprint density at radius 2 is 1.53 bits per heavy atom. The predicted octanol–water partition coefficient (Wildman–Crippen LogP) is 1.94. The highest BCUT2D eigenvalue weighted by Crippen LogP contribution is 2.30. The van der Waals surface area contributed by atoms with Gasteiger partial charge in [-0.2, -0.15) is 0 Å². The zero-order chi connectivity index (χ0) is 12.6. The molecule has 86 valence electrons. The first kappa shape index (κ1) is 10.9. The summed E-state index contributed by atoms with van der Waals surface area (Å²) in [4.78, 5) is 22.1. The largest absolute Gasteiger partial charge is 0.507 e. The van der Waals surface area contributed by atoms with Gasteiger partial charge in [0.25, 0.3) is 0 Å². The minimum Gasteiger partial charge on any atom is -0.507 e. The van der Waals surface area contributed by atoms with Gasteiger partial charge in [-0.3, -0.25) is 0 Å². The molecule has 2 aromatic rings. The molecule has 0 radical (unpaired) electrons. The molecule has 0 saturated heterocycles. The molecule has 2 rings (SSSR count). The minimum absolute atomic E-state index is 0.287. The Morgan fingerprint density at radius 3 is 2.12 bits per heavy atom. The summed E-state index contributed by atoms with van der Waals surface area (Å²) in [6, 6.07) is 7.63. The number of hydrogen-bond acceptors (Lipinski definition) is 3. The van der Waals surface area contributed by atoms with Gasteiger partial charge in [-0.05, 0) is 16.8 Å². The SMILES string of the molecule is O=C(O)c1c(O)cc2ccccc2c1C(=O)O. The minimum atomic E-state index is -1.47. The lowest BCUT2D eigenvalue weighted by molar-refractivity contribution is 0.0650. The lowest BCUT2D eigenvalue weighted by Crippen LogP contribution is -2.09. The number of fused-ring (bicyclic) bond motifs is 1. The van der Waals surface area contributed by atoms with E-state index in [2.05, 4.69) is 0 Å². The molecule has 0 aliphatic heterocycles. The fraction of sp³-hybridized carbons (Fsp3) is 0. The lowest BCUT2D eigenvalue weighted by atomic mass is 9.98. The number of hydrogen-bond donors (Lipinski definition) is 3. The maximum atomic E-state index is 11.1. The average molecular weight is 232 g/mol. The first-order valence-electron chi connectivity index (χ1n) is 4.73. The van der Waals surface area contributed by atoms with Crippen molar-refractivity contribution in [3.8, 4) is 5.75 Å². The number of phenols is 1. The molecule has 0 spiro atoms. The molecule has 0 aliphatic carbocycles. The van der Waals surface area contributed by atoms with Crippen molar-refractivity contribution in [3.05, 3.63) is 41.5 Å². The topological polar surface area (TPSA) is 94.8 Å². The number of carbonyl (C=O) groups is 2. The van der Waals surface area contributed by atoms with E-state index in [1.807, 2.05) is 0 Å². The number of carboxylic acids is 2. The lowest BCUT2D eigenvalue weighted by Gasteiger charge is -2.08. The van der Waals surface area contributed by atoms with Crippen molar-refractivity contribution in [2.24, 2.45) is 0 Å². The smallest absolute Gasteiger partial charge is 0.340 e. The molecule has 0 atom stereocenters. The van der Waals surface area contributed by atoms with Gasteiger partial charge in [-0.25, -0.2) is 9.59 Å². The summed E-state index contributed by atoms with van der Waals surface area (Å²) in [5, 5.41) is 28.3. The van der Waals surface area contributed by atoms with Crippen LogP contribution in [0.2, 0.25) is 0 Å². The molecular weight excluding hydrogens is 224 g/mol. The van der Waals surface area contributed by atoms with Crippen LogP contribution in [-0.4, -0.2) is 27.3 Å². The van der Waals surface area contributed by atoms with E-state index in [4.69, 9.17) is 10.2 Å². The number of benzene rings is 2. The van der Waals surface area contributed by atoms with E-state index in [0.29, 0.717) is 5.39 Å². The summed E-state index contributed by atoms with van der Waals surface area (Å²) in [5.74, 6) is -3.39. The Hall–Kier alpha value is -2.56. The molecule has 0 aromatic heterocycles. The molecular formula is C12H8O5. The van der Waals surface area contributed by atoms with Crippen LogP contribution in [0.15, 0.2) is 30.3 Å². The van der Waals surface area contributed by atoms with Crippen LogP contribution in [0.25, 0.3) is 10.8 Å². The van der Waals surface area contributed by atoms with Crippen molar-refractivity contribution in [2.45, 2.75) is 0 Å². The van der Waals surface area contributed by atoms with Gasteiger partial charge in [-0.15, -0.1) is 0 Å². The van der Waals surface area contributed by atoms with Crippen LogP contribution >= 0.6 is 0 Å². The second-order valence-electron chi connectivity index (χ2n) is 3.48. The third-order valence-corrected chi connectivity index (χ3v) is 2.46. The summed E-state index contributed by atoms with van der Waals surface area (Å²) in [6.45, 7) is 0. The normalized spacial score (nSPS) is 10.4. The van der Waals surface area contributed by atoms with Crippen molar-refractivity contribution in [1.82, 2.24) is 0 Å². The Balaban J connectivity index is 2.99. The molecule has 0 saturated carbocycles. The van der Waals surface area contributed by atoms with Crippen LogP contribution in [0.5, 0.6) is 5.75 Å². The van der Waals surface area contributed by atoms with E-state index < -0.39 is 28.8 Å². The number of aromatic carboxylic acids is 2. The molecule has 0 unspecified atom stereocenters. The Bertz CT molecular complexity index is 630. The Kier molecular flexibility index (Phi) is 2.44. The van der Waals surface area contributed by atoms with Crippen molar-refractivity contribution < 1.29 is 24.9 Å². The summed E-state index contributed by atoms with van der Waals surface area (Å²) in [7, 11) is 0. The number of aromatic hydroxyl groups is 1. The maximum absolute atomic E-state index is 11.1. The van der Waals surface area contributed by atoms with E-state index in [1.54, 1.807) is 18.2 Å². The van der Waals surface area contributed by atoms with Crippen LogP contribution in [-0.2, 0) is 0 Å². The van der Waals surface area contributed by atoms with E-state index >= 15 is 0 Å². The van der Waals surface area contributed by atoms with Crippen molar-refractivity contribution >= 4 is 22.7 Å². The molecule has 0 amide bonds. The van der Waals surface area contributed by atoms with Crippen LogP contribution < -0.4 is 0 Å². The van der Waals surface area contributed by atoms with Crippen LogP contribution in [0.1, 0.15) is 20.7 Å². The van der Waals surface area contributed by atoms with Crippen LogP contribution in [0, 0.1) is 0 Å². The summed E-state index contributed by atoms with van der Waals surface area (Å²) in [6.07, 6.45) is 0. The highest BCUT2D eigenvalue weighted by atomic mass is 16.4. The average Bonchev–Trinajstić information content (AvgIpc) is 2.26. The molecule has 0 heterocycles. The van der Waals surface area contributed by atoms with Gasteiger partial charge in [0.1, 0.15) is 11.3 Å². The monoisotopic (exact) mass is 232 g/mol. The van der Waals surface area contributed by atoms with Crippen molar-refractivity contribution in [2.75, 3.05) is 0 Å². The molecule has 3 N–H and O–H groups in total. The summed E-state index contributed by atoms with van der Waals surface area (Å²) >= 11 is 0. The fourth-order valence-corrected chi connectivity index (χ4v) is 1.77. The maximum Gasteiger partial charge on any atom is 0.340 e. The third-order valence-electron chi connectivity index (χ3n) is 2.46. The molecule has 5 nitrogen and oxygen atoms in total.